The number of carbonyl (C=O) groups is 2. The number of nitrogens with zero attached hydrogens (tertiary/aromatic N) is 1. The van der Waals surface area contributed by atoms with Crippen molar-refractivity contribution >= 4 is 27.5 Å². The first-order chi connectivity index (χ1) is 13.5. The number of anilines is 1. The minimum absolute atomic E-state index is 0.0476. The normalized spacial score (nSPS) is 11.6. The van der Waals surface area contributed by atoms with Gasteiger partial charge in [-0.25, -0.2) is 8.42 Å². The minimum atomic E-state index is -3.76. The van der Waals surface area contributed by atoms with Crippen molar-refractivity contribution in [2.24, 2.45) is 0 Å². The molecule has 0 radical (unpaired) electrons. The molecule has 156 valence electrons. The number of para-hydroxylation sites is 1. The second-order valence-corrected chi connectivity index (χ2v) is 9.30. The average molecular weight is 418 g/mol. The van der Waals surface area contributed by atoms with Crippen LogP contribution in [-0.4, -0.2) is 43.8 Å². The lowest BCUT2D eigenvalue weighted by molar-refractivity contribution is -0.123. The van der Waals surface area contributed by atoms with Crippen molar-refractivity contribution in [1.29, 1.82) is 0 Å². The highest BCUT2D eigenvalue weighted by Crippen LogP contribution is 2.17. The number of carbonyl (C=O) groups excluding carboxylic acids is 2. The molecule has 8 heteroatoms. The van der Waals surface area contributed by atoms with Gasteiger partial charge in [-0.3, -0.25) is 14.3 Å². The van der Waals surface area contributed by atoms with Crippen LogP contribution in [0.15, 0.2) is 59.5 Å². The number of hydrogen-bond donors (Lipinski definition) is 2. The van der Waals surface area contributed by atoms with E-state index < -0.39 is 10.0 Å². The van der Waals surface area contributed by atoms with Crippen molar-refractivity contribution in [2.45, 2.75) is 38.1 Å². The van der Waals surface area contributed by atoms with Gasteiger partial charge in [0.15, 0.2) is 0 Å². The van der Waals surface area contributed by atoms with Crippen LogP contribution in [-0.2, 0) is 14.8 Å². The maximum Gasteiger partial charge on any atom is 0.261 e. The molecular weight excluding hydrogens is 390 g/mol. The Kier molecular flexibility index (Phi) is 7.02. The van der Waals surface area contributed by atoms with E-state index in [1.165, 1.54) is 29.2 Å². The van der Waals surface area contributed by atoms with Crippen LogP contribution in [0.4, 0.5) is 5.69 Å². The van der Waals surface area contributed by atoms with Gasteiger partial charge in [-0.05, 0) is 64.1 Å². The molecule has 2 N–H and O–H groups in total. The van der Waals surface area contributed by atoms with Gasteiger partial charge >= 0.3 is 0 Å². The summed E-state index contributed by atoms with van der Waals surface area (Å²) in [6.45, 7) is 7.67. The molecule has 0 aromatic heterocycles. The van der Waals surface area contributed by atoms with Gasteiger partial charge in [0.2, 0.25) is 5.91 Å². The Bertz CT molecular complexity index is 950. The molecule has 2 rings (SSSR count). The van der Waals surface area contributed by atoms with Crippen LogP contribution in [0.1, 0.15) is 38.1 Å². The van der Waals surface area contributed by atoms with Gasteiger partial charge in [-0.15, -0.1) is 0 Å². The van der Waals surface area contributed by atoms with Gasteiger partial charge in [0.25, 0.3) is 15.9 Å². The Balaban J connectivity index is 2.11. The lowest BCUT2D eigenvalue weighted by Crippen LogP contribution is -2.47. The standard InChI is InChI=1S/C21H27N3O4S/c1-5-24(15-19(25)22-21(2,3)4)20(26)16-11-13-18(14-12-16)29(27,28)23-17-9-7-6-8-10-17/h6-14,23H,5,15H2,1-4H3,(H,22,25). The van der Waals surface area contributed by atoms with Crippen LogP contribution in [0.25, 0.3) is 0 Å². The molecule has 0 atom stereocenters. The summed E-state index contributed by atoms with van der Waals surface area (Å²) in [6, 6.07) is 14.2. The summed E-state index contributed by atoms with van der Waals surface area (Å²) >= 11 is 0. The zero-order valence-corrected chi connectivity index (χ0v) is 17.9. The van der Waals surface area contributed by atoms with Crippen molar-refractivity contribution < 1.29 is 18.0 Å². The third-order valence-electron chi connectivity index (χ3n) is 3.96. The molecule has 0 bridgehead atoms. The van der Waals surface area contributed by atoms with Crippen LogP contribution in [0, 0.1) is 0 Å². The molecule has 0 aliphatic heterocycles. The summed E-state index contributed by atoms with van der Waals surface area (Å²) in [5.41, 5.74) is 0.380. The molecule has 0 spiro atoms. The number of hydrogen-bond acceptors (Lipinski definition) is 4. The van der Waals surface area contributed by atoms with E-state index in [-0.39, 0.29) is 28.8 Å². The van der Waals surface area contributed by atoms with Gasteiger partial charge in [0, 0.05) is 23.3 Å². The topological polar surface area (TPSA) is 95.6 Å². The summed E-state index contributed by atoms with van der Waals surface area (Å²) in [5, 5.41) is 2.82. The molecule has 0 heterocycles. The summed E-state index contributed by atoms with van der Waals surface area (Å²) in [4.78, 5) is 26.3. The first-order valence-corrected chi connectivity index (χ1v) is 10.8. The lowest BCUT2D eigenvalue weighted by atomic mass is 10.1. The maximum absolute atomic E-state index is 12.7. The molecule has 2 aromatic carbocycles. The van der Waals surface area contributed by atoms with E-state index in [9.17, 15) is 18.0 Å². The Morgan fingerprint density at radius 2 is 1.55 bits per heavy atom. The fourth-order valence-corrected chi connectivity index (χ4v) is 3.70. The number of rotatable bonds is 7. The second kappa shape index (κ2) is 9.09. The zero-order valence-electron chi connectivity index (χ0n) is 17.1. The minimum Gasteiger partial charge on any atom is -0.350 e. The Morgan fingerprint density at radius 1 is 0.966 bits per heavy atom. The van der Waals surface area contributed by atoms with Gasteiger partial charge in [-0.1, -0.05) is 18.2 Å². The predicted molar refractivity (Wildman–Crippen MR) is 113 cm³/mol. The lowest BCUT2D eigenvalue weighted by Gasteiger charge is -2.25. The highest BCUT2D eigenvalue weighted by atomic mass is 32.2. The van der Waals surface area contributed by atoms with E-state index >= 15 is 0 Å². The van der Waals surface area contributed by atoms with Crippen LogP contribution < -0.4 is 10.0 Å². The highest BCUT2D eigenvalue weighted by molar-refractivity contribution is 7.92. The summed E-state index contributed by atoms with van der Waals surface area (Å²) < 4.78 is 27.5. The van der Waals surface area contributed by atoms with E-state index in [2.05, 4.69) is 10.0 Å². The van der Waals surface area contributed by atoms with Crippen LogP contribution in [0.5, 0.6) is 0 Å². The number of likely N-dealkylation sites (N-methyl/N-ethyl adjacent to an activating group) is 1. The monoisotopic (exact) mass is 417 g/mol. The predicted octanol–water partition coefficient (Wildman–Crippen LogP) is 2.86. The van der Waals surface area contributed by atoms with Crippen LogP contribution in [0.2, 0.25) is 0 Å². The number of nitrogens with one attached hydrogen (secondary N) is 2. The number of benzene rings is 2. The molecule has 0 unspecified atom stereocenters. The number of sulfonamides is 1. The molecular formula is C21H27N3O4S. The zero-order chi connectivity index (χ0) is 21.7. The molecule has 0 aliphatic rings. The third-order valence-corrected chi connectivity index (χ3v) is 5.35. The van der Waals surface area contributed by atoms with Crippen molar-refractivity contribution in [3.63, 3.8) is 0 Å². The van der Waals surface area contributed by atoms with E-state index in [0.717, 1.165) is 0 Å². The average Bonchev–Trinajstić information content (AvgIpc) is 2.65. The van der Waals surface area contributed by atoms with Crippen molar-refractivity contribution in [1.82, 2.24) is 10.2 Å². The van der Waals surface area contributed by atoms with E-state index in [1.54, 1.807) is 37.3 Å². The smallest absolute Gasteiger partial charge is 0.261 e. The van der Waals surface area contributed by atoms with Crippen molar-refractivity contribution in [3.8, 4) is 0 Å². The first-order valence-electron chi connectivity index (χ1n) is 9.30. The Morgan fingerprint density at radius 3 is 2.07 bits per heavy atom. The van der Waals surface area contributed by atoms with Gasteiger partial charge in [0.1, 0.15) is 0 Å². The SMILES string of the molecule is CCN(CC(=O)NC(C)(C)C)C(=O)c1ccc(S(=O)(=O)Nc2ccccc2)cc1. The molecule has 7 nitrogen and oxygen atoms in total. The molecule has 29 heavy (non-hydrogen) atoms. The van der Waals surface area contributed by atoms with E-state index in [4.69, 9.17) is 0 Å². The van der Waals surface area contributed by atoms with Gasteiger partial charge in [0.05, 0.1) is 11.4 Å². The highest BCUT2D eigenvalue weighted by Gasteiger charge is 2.21. The van der Waals surface area contributed by atoms with Gasteiger partial charge in [-0.2, -0.15) is 0 Å². The number of amides is 2. The third kappa shape index (κ3) is 6.60. The quantitative estimate of drug-likeness (QED) is 0.724. The molecule has 2 aromatic rings. The van der Waals surface area contributed by atoms with Crippen LogP contribution >= 0.6 is 0 Å². The maximum atomic E-state index is 12.7. The molecule has 0 saturated heterocycles. The largest absolute Gasteiger partial charge is 0.350 e. The molecule has 0 aliphatic carbocycles. The second-order valence-electron chi connectivity index (χ2n) is 7.61. The van der Waals surface area contributed by atoms with Crippen LogP contribution in [0.3, 0.4) is 0 Å². The molecule has 2 amide bonds. The Hall–Kier alpha value is -2.87. The first kappa shape index (κ1) is 22.4. The Labute approximate surface area is 172 Å². The summed E-state index contributed by atoms with van der Waals surface area (Å²) in [5.74, 6) is -0.588. The fraction of sp³-hybridized carbons (Fsp3) is 0.333. The summed E-state index contributed by atoms with van der Waals surface area (Å²) in [7, 11) is -3.76. The van der Waals surface area contributed by atoms with Crippen molar-refractivity contribution in [3.05, 3.63) is 60.2 Å². The summed E-state index contributed by atoms with van der Waals surface area (Å²) in [6.07, 6.45) is 0. The molecule has 0 fully saturated rings. The van der Waals surface area contributed by atoms with E-state index in [1.807, 2.05) is 20.8 Å². The van der Waals surface area contributed by atoms with Gasteiger partial charge < -0.3 is 10.2 Å². The molecule has 0 saturated carbocycles. The fourth-order valence-electron chi connectivity index (χ4n) is 2.64. The van der Waals surface area contributed by atoms with Crippen molar-refractivity contribution in [2.75, 3.05) is 17.8 Å². The van der Waals surface area contributed by atoms with E-state index in [0.29, 0.717) is 17.8 Å².